The first kappa shape index (κ1) is 13.4. The Bertz CT molecular complexity index is 800. The molecule has 0 radical (unpaired) electrons. The van der Waals surface area contributed by atoms with Gasteiger partial charge in [-0.15, -0.1) is 0 Å². The standard InChI is InChI=1S/C17H10F3N/c18-13-5-1-3-11(7-13)16-9-15(20)10-21-17(16)12-4-2-6-14(19)8-12/h1-10H. The zero-order valence-electron chi connectivity index (χ0n) is 10.9. The molecule has 3 aromatic rings. The quantitative estimate of drug-likeness (QED) is 0.657. The van der Waals surface area contributed by atoms with Crippen LogP contribution in [-0.2, 0) is 0 Å². The summed E-state index contributed by atoms with van der Waals surface area (Å²) in [4.78, 5) is 4.03. The number of hydrogen-bond donors (Lipinski definition) is 0. The fourth-order valence-corrected chi connectivity index (χ4v) is 2.18. The highest BCUT2D eigenvalue weighted by molar-refractivity contribution is 5.80. The van der Waals surface area contributed by atoms with Crippen molar-refractivity contribution in [1.29, 1.82) is 0 Å². The maximum absolute atomic E-state index is 13.5. The highest BCUT2D eigenvalue weighted by Gasteiger charge is 2.11. The summed E-state index contributed by atoms with van der Waals surface area (Å²) in [5.74, 6) is -1.37. The van der Waals surface area contributed by atoms with E-state index in [0.29, 0.717) is 22.4 Å². The molecule has 4 heteroatoms. The van der Waals surface area contributed by atoms with Gasteiger partial charge in [0.2, 0.25) is 0 Å². The van der Waals surface area contributed by atoms with Gasteiger partial charge in [-0.25, -0.2) is 13.2 Å². The Morgan fingerprint density at radius 2 is 1.29 bits per heavy atom. The summed E-state index contributed by atoms with van der Waals surface area (Å²) in [5.41, 5.74) is 1.82. The first-order valence-electron chi connectivity index (χ1n) is 6.31. The zero-order valence-corrected chi connectivity index (χ0v) is 10.9. The van der Waals surface area contributed by atoms with E-state index in [1.807, 2.05) is 0 Å². The van der Waals surface area contributed by atoms with Crippen molar-refractivity contribution in [2.45, 2.75) is 0 Å². The second kappa shape index (κ2) is 5.40. The van der Waals surface area contributed by atoms with Gasteiger partial charge < -0.3 is 0 Å². The van der Waals surface area contributed by atoms with Gasteiger partial charge in [0, 0.05) is 11.1 Å². The van der Waals surface area contributed by atoms with E-state index in [2.05, 4.69) is 4.98 Å². The molecular formula is C17H10F3N. The summed E-state index contributed by atoms with van der Waals surface area (Å²) in [6.07, 6.45) is 1.06. The summed E-state index contributed by atoms with van der Waals surface area (Å²) in [6.45, 7) is 0. The fraction of sp³-hybridized carbons (Fsp3) is 0. The molecule has 0 aliphatic carbocycles. The molecule has 104 valence electrons. The lowest BCUT2D eigenvalue weighted by molar-refractivity contribution is 0.621. The summed E-state index contributed by atoms with van der Waals surface area (Å²) in [6, 6.07) is 12.9. The van der Waals surface area contributed by atoms with E-state index in [4.69, 9.17) is 0 Å². The van der Waals surface area contributed by atoms with Crippen LogP contribution in [0.15, 0.2) is 60.8 Å². The van der Waals surface area contributed by atoms with E-state index in [-0.39, 0.29) is 0 Å². The van der Waals surface area contributed by atoms with Gasteiger partial charge in [0.15, 0.2) is 0 Å². The van der Waals surface area contributed by atoms with Gasteiger partial charge in [-0.2, -0.15) is 0 Å². The van der Waals surface area contributed by atoms with Crippen molar-refractivity contribution in [1.82, 2.24) is 4.98 Å². The summed E-state index contributed by atoms with van der Waals surface area (Å²) >= 11 is 0. The van der Waals surface area contributed by atoms with Crippen LogP contribution in [0.2, 0.25) is 0 Å². The predicted molar refractivity (Wildman–Crippen MR) is 75.0 cm³/mol. The molecule has 0 N–H and O–H groups in total. The lowest BCUT2D eigenvalue weighted by atomic mass is 9.99. The molecule has 1 aromatic heterocycles. The molecule has 2 aromatic carbocycles. The number of rotatable bonds is 2. The van der Waals surface area contributed by atoms with Crippen LogP contribution in [0.1, 0.15) is 0 Å². The van der Waals surface area contributed by atoms with E-state index in [1.54, 1.807) is 18.2 Å². The smallest absolute Gasteiger partial charge is 0.142 e. The normalized spacial score (nSPS) is 10.6. The molecule has 0 spiro atoms. The van der Waals surface area contributed by atoms with Crippen LogP contribution in [0.5, 0.6) is 0 Å². The van der Waals surface area contributed by atoms with Crippen LogP contribution >= 0.6 is 0 Å². The molecule has 0 amide bonds. The number of nitrogens with zero attached hydrogens (tertiary/aromatic N) is 1. The van der Waals surface area contributed by atoms with Crippen molar-refractivity contribution < 1.29 is 13.2 Å². The van der Waals surface area contributed by atoms with Crippen molar-refractivity contribution in [3.05, 3.63) is 78.2 Å². The van der Waals surface area contributed by atoms with Gasteiger partial charge in [-0.3, -0.25) is 4.98 Å². The van der Waals surface area contributed by atoms with Gasteiger partial charge in [-0.05, 0) is 35.9 Å². The SMILES string of the molecule is Fc1cccc(-c2cc(F)cnc2-c2cccc(F)c2)c1. The number of halogens is 3. The van der Waals surface area contributed by atoms with Crippen LogP contribution in [-0.4, -0.2) is 4.98 Å². The Morgan fingerprint density at radius 1 is 0.667 bits per heavy atom. The van der Waals surface area contributed by atoms with Gasteiger partial charge in [-0.1, -0.05) is 24.3 Å². The summed E-state index contributed by atoms with van der Waals surface area (Å²) in [7, 11) is 0. The molecule has 0 unspecified atom stereocenters. The second-order valence-electron chi connectivity index (χ2n) is 4.57. The zero-order chi connectivity index (χ0) is 14.8. The van der Waals surface area contributed by atoms with Crippen LogP contribution in [0.4, 0.5) is 13.2 Å². The molecule has 0 saturated heterocycles. The average molecular weight is 285 g/mol. The minimum absolute atomic E-state index is 0.404. The van der Waals surface area contributed by atoms with Crippen molar-refractivity contribution >= 4 is 0 Å². The lowest BCUT2D eigenvalue weighted by Crippen LogP contribution is -1.92. The molecule has 21 heavy (non-hydrogen) atoms. The predicted octanol–water partition coefficient (Wildman–Crippen LogP) is 4.83. The highest BCUT2D eigenvalue weighted by Crippen LogP contribution is 2.31. The topological polar surface area (TPSA) is 12.9 Å². The Balaban J connectivity index is 2.22. The Hall–Kier alpha value is -2.62. The third kappa shape index (κ3) is 2.79. The molecule has 0 fully saturated rings. The Morgan fingerprint density at radius 3 is 1.95 bits per heavy atom. The molecule has 1 nitrogen and oxygen atoms in total. The van der Waals surface area contributed by atoms with Crippen LogP contribution in [0.3, 0.4) is 0 Å². The minimum Gasteiger partial charge on any atom is -0.253 e. The van der Waals surface area contributed by atoms with Gasteiger partial charge in [0.25, 0.3) is 0 Å². The van der Waals surface area contributed by atoms with E-state index in [0.717, 1.165) is 6.20 Å². The Kier molecular flexibility index (Phi) is 3.44. The maximum Gasteiger partial charge on any atom is 0.142 e. The summed E-state index contributed by atoms with van der Waals surface area (Å²) in [5, 5.41) is 0. The fourth-order valence-electron chi connectivity index (χ4n) is 2.18. The van der Waals surface area contributed by atoms with Crippen LogP contribution < -0.4 is 0 Å². The van der Waals surface area contributed by atoms with Crippen molar-refractivity contribution in [2.24, 2.45) is 0 Å². The maximum atomic E-state index is 13.5. The first-order chi connectivity index (χ1) is 10.1. The minimum atomic E-state index is -0.533. The molecule has 0 bridgehead atoms. The van der Waals surface area contributed by atoms with E-state index in [1.165, 1.54) is 36.4 Å². The molecule has 0 atom stereocenters. The largest absolute Gasteiger partial charge is 0.253 e. The van der Waals surface area contributed by atoms with E-state index >= 15 is 0 Å². The van der Waals surface area contributed by atoms with Crippen molar-refractivity contribution in [3.8, 4) is 22.4 Å². The van der Waals surface area contributed by atoms with Crippen LogP contribution in [0, 0.1) is 17.5 Å². The van der Waals surface area contributed by atoms with E-state index < -0.39 is 17.5 Å². The third-order valence-electron chi connectivity index (χ3n) is 3.09. The number of hydrogen-bond acceptors (Lipinski definition) is 1. The summed E-state index contributed by atoms with van der Waals surface area (Å²) < 4.78 is 40.2. The third-order valence-corrected chi connectivity index (χ3v) is 3.09. The number of aromatic nitrogens is 1. The molecule has 0 saturated carbocycles. The van der Waals surface area contributed by atoms with Gasteiger partial charge in [0.1, 0.15) is 17.5 Å². The monoisotopic (exact) mass is 285 g/mol. The highest BCUT2D eigenvalue weighted by atomic mass is 19.1. The van der Waals surface area contributed by atoms with Crippen LogP contribution in [0.25, 0.3) is 22.4 Å². The molecule has 1 heterocycles. The number of pyridine rings is 1. The lowest BCUT2D eigenvalue weighted by Gasteiger charge is -2.09. The number of benzene rings is 2. The van der Waals surface area contributed by atoms with Crippen molar-refractivity contribution in [2.75, 3.05) is 0 Å². The first-order valence-corrected chi connectivity index (χ1v) is 6.31. The molecule has 0 aliphatic heterocycles. The van der Waals surface area contributed by atoms with Gasteiger partial charge in [0.05, 0.1) is 11.9 Å². The van der Waals surface area contributed by atoms with Crippen molar-refractivity contribution in [3.63, 3.8) is 0 Å². The second-order valence-corrected chi connectivity index (χ2v) is 4.57. The molecule has 0 aliphatic rings. The Labute approximate surface area is 119 Å². The molecular weight excluding hydrogens is 275 g/mol. The van der Waals surface area contributed by atoms with E-state index in [9.17, 15) is 13.2 Å². The average Bonchev–Trinajstić information content (AvgIpc) is 2.47. The van der Waals surface area contributed by atoms with Gasteiger partial charge >= 0.3 is 0 Å². The molecule has 3 rings (SSSR count).